The van der Waals surface area contributed by atoms with E-state index in [1.54, 1.807) is 24.3 Å². The zero-order chi connectivity index (χ0) is 18.7. The molecule has 2 aromatic rings. The van der Waals surface area contributed by atoms with Crippen LogP contribution in [0.15, 0.2) is 28.8 Å². The van der Waals surface area contributed by atoms with Gasteiger partial charge in [0.05, 0.1) is 12.6 Å². The molecule has 1 aromatic carbocycles. The summed E-state index contributed by atoms with van der Waals surface area (Å²) < 4.78 is 10.6. The van der Waals surface area contributed by atoms with Gasteiger partial charge < -0.3 is 19.9 Å². The van der Waals surface area contributed by atoms with Crippen molar-refractivity contribution in [2.24, 2.45) is 0 Å². The number of nitrogens with one attached hydrogen (secondary N) is 2. The van der Waals surface area contributed by atoms with Crippen molar-refractivity contribution in [2.75, 3.05) is 6.61 Å². The third-order valence-corrected chi connectivity index (χ3v) is 4.25. The normalized spacial score (nSPS) is 20.1. The number of halogens is 1. The molecule has 9 heteroatoms. The van der Waals surface area contributed by atoms with Crippen LogP contribution in [0, 0.1) is 0 Å². The highest BCUT2D eigenvalue weighted by molar-refractivity contribution is 6.31. The Balaban J connectivity index is 1.71. The fourth-order valence-corrected chi connectivity index (χ4v) is 2.84. The summed E-state index contributed by atoms with van der Waals surface area (Å²) in [5.41, 5.74) is 0.615. The van der Waals surface area contributed by atoms with Crippen LogP contribution >= 0.6 is 11.6 Å². The number of nitrogens with zero attached hydrogens (tertiary/aromatic N) is 2. The largest absolute Gasteiger partial charge is 0.356 e. The van der Waals surface area contributed by atoms with Crippen molar-refractivity contribution >= 4 is 23.4 Å². The summed E-state index contributed by atoms with van der Waals surface area (Å²) in [6, 6.07) is 6.32. The lowest BCUT2D eigenvalue weighted by Gasteiger charge is -2.32. The highest BCUT2D eigenvalue weighted by Gasteiger charge is 2.37. The SMILES string of the molecule is CC(C)c1nc(CNC(=O)[C@H]2OCC(=O)N[C@@H]2c2ccccc2Cl)no1. The monoisotopic (exact) mass is 378 g/mol. The quantitative estimate of drug-likeness (QED) is 0.820. The standard InChI is InChI=1S/C17H19ClN4O4/c1-9(2)17-20-12(22-26-17)7-19-16(24)15-14(21-13(23)8-25-15)10-5-3-4-6-11(10)18/h3-6,9,14-15H,7-8H2,1-2H3,(H,19,24)(H,21,23)/t14-,15+/m1/s1. The van der Waals surface area contributed by atoms with Gasteiger partial charge in [-0.2, -0.15) is 4.98 Å². The molecular weight excluding hydrogens is 360 g/mol. The number of carbonyl (C=O) groups excluding carboxylic acids is 2. The zero-order valence-electron chi connectivity index (χ0n) is 14.4. The molecule has 1 fully saturated rings. The van der Waals surface area contributed by atoms with E-state index >= 15 is 0 Å². The fourth-order valence-electron chi connectivity index (χ4n) is 2.59. The first-order valence-corrected chi connectivity index (χ1v) is 8.59. The van der Waals surface area contributed by atoms with Crippen LogP contribution in [0.25, 0.3) is 0 Å². The van der Waals surface area contributed by atoms with Crippen molar-refractivity contribution in [3.63, 3.8) is 0 Å². The number of benzene rings is 1. The van der Waals surface area contributed by atoms with E-state index < -0.39 is 18.1 Å². The van der Waals surface area contributed by atoms with Crippen LogP contribution in [0.1, 0.15) is 43.1 Å². The molecule has 2 N–H and O–H groups in total. The number of hydrogen-bond donors (Lipinski definition) is 2. The van der Waals surface area contributed by atoms with E-state index in [0.29, 0.717) is 22.3 Å². The zero-order valence-corrected chi connectivity index (χ0v) is 15.1. The Morgan fingerprint density at radius 1 is 1.42 bits per heavy atom. The summed E-state index contributed by atoms with van der Waals surface area (Å²) in [6.45, 7) is 3.77. The first-order valence-electron chi connectivity index (χ1n) is 8.21. The molecule has 1 aliphatic heterocycles. The van der Waals surface area contributed by atoms with Gasteiger partial charge in [0, 0.05) is 10.9 Å². The topological polar surface area (TPSA) is 106 Å². The van der Waals surface area contributed by atoms with Gasteiger partial charge in [-0.05, 0) is 11.6 Å². The first-order chi connectivity index (χ1) is 12.5. The third kappa shape index (κ3) is 4.03. The molecule has 0 radical (unpaired) electrons. The number of rotatable bonds is 5. The van der Waals surface area contributed by atoms with Crippen molar-refractivity contribution < 1.29 is 18.8 Å². The van der Waals surface area contributed by atoms with E-state index in [-0.39, 0.29) is 25.0 Å². The Labute approximate surface area is 155 Å². The predicted octanol–water partition coefficient (Wildman–Crippen LogP) is 1.72. The van der Waals surface area contributed by atoms with Gasteiger partial charge in [-0.15, -0.1) is 0 Å². The molecule has 3 rings (SSSR count). The molecule has 2 amide bonds. The van der Waals surface area contributed by atoms with Gasteiger partial charge in [-0.1, -0.05) is 48.8 Å². The summed E-state index contributed by atoms with van der Waals surface area (Å²) in [6.07, 6.45) is -0.913. The van der Waals surface area contributed by atoms with Crippen LogP contribution in [-0.2, 0) is 20.9 Å². The van der Waals surface area contributed by atoms with E-state index in [2.05, 4.69) is 20.8 Å². The van der Waals surface area contributed by atoms with Crippen molar-refractivity contribution in [3.8, 4) is 0 Å². The summed E-state index contributed by atoms with van der Waals surface area (Å²) in [7, 11) is 0. The van der Waals surface area contributed by atoms with Crippen LogP contribution in [0.2, 0.25) is 5.02 Å². The highest BCUT2D eigenvalue weighted by atomic mass is 35.5. The minimum absolute atomic E-state index is 0.0953. The summed E-state index contributed by atoms with van der Waals surface area (Å²) in [4.78, 5) is 28.5. The summed E-state index contributed by atoms with van der Waals surface area (Å²) in [5.74, 6) is 0.276. The molecular formula is C17H19ClN4O4. The lowest BCUT2D eigenvalue weighted by Crippen LogP contribution is -2.52. The molecule has 138 valence electrons. The first kappa shape index (κ1) is 18.3. The number of morpholine rings is 1. The van der Waals surface area contributed by atoms with Crippen LogP contribution < -0.4 is 10.6 Å². The number of aromatic nitrogens is 2. The maximum Gasteiger partial charge on any atom is 0.252 e. The Kier molecular flexibility index (Phi) is 5.53. The second kappa shape index (κ2) is 7.84. The highest BCUT2D eigenvalue weighted by Crippen LogP contribution is 2.28. The Bertz CT molecular complexity index is 808. The molecule has 0 bridgehead atoms. The van der Waals surface area contributed by atoms with Crippen LogP contribution in [0.3, 0.4) is 0 Å². The van der Waals surface area contributed by atoms with E-state index in [1.165, 1.54) is 0 Å². The maximum absolute atomic E-state index is 12.6. The molecule has 26 heavy (non-hydrogen) atoms. The van der Waals surface area contributed by atoms with Crippen molar-refractivity contribution in [2.45, 2.75) is 38.5 Å². The van der Waals surface area contributed by atoms with Gasteiger partial charge in [0.1, 0.15) is 6.61 Å². The maximum atomic E-state index is 12.6. The van der Waals surface area contributed by atoms with Crippen molar-refractivity contribution in [1.29, 1.82) is 0 Å². The van der Waals surface area contributed by atoms with Gasteiger partial charge in [0.15, 0.2) is 11.9 Å². The van der Waals surface area contributed by atoms with Gasteiger partial charge in [0.25, 0.3) is 5.91 Å². The summed E-state index contributed by atoms with van der Waals surface area (Å²) in [5, 5.41) is 9.74. The second-order valence-corrected chi connectivity index (χ2v) is 6.63. The lowest BCUT2D eigenvalue weighted by atomic mass is 9.99. The van der Waals surface area contributed by atoms with Crippen LogP contribution in [-0.4, -0.2) is 34.7 Å². The Morgan fingerprint density at radius 3 is 2.88 bits per heavy atom. The van der Waals surface area contributed by atoms with Gasteiger partial charge >= 0.3 is 0 Å². The van der Waals surface area contributed by atoms with Crippen LogP contribution in [0.4, 0.5) is 0 Å². The molecule has 1 aromatic heterocycles. The third-order valence-electron chi connectivity index (χ3n) is 3.91. The molecule has 2 atom stereocenters. The number of ether oxygens (including phenoxy) is 1. The average molecular weight is 379 g/mol. The van der Waals surface area contributed by atoms with Crippen molar-refractivity contribution in [3.05, 3.63) is 46.6 Å². The van der Waals surface area contributed by atoms with Gasteiger partial charge in [-0.25, -0.2) is 0 Å². The van der Waals surface area contributed by atoms with E-state index in [1.807, 2.05) is 13.8 Å². The van der Waals surface area contributed by atoms with Gasteiger partial charge in [-0.3, -0.25) is 9.59 Å². The van der Waals surface area contributed by atoms with E-state index in [4.69, 9.17) is 20.9 Å². The molecule has 1 aliphatic rings. The molecule has 1 saturated heterocycles. The minimum Gasteiger partial charge on any atom is -0.356 e. The number of carbonyl (C=O) groups is 2. The molecule has 0 saturated carbocycles. The van der Waals surface area contributed by atoms with Crippen molar-refractivity contribution in [1.82, 2.24) is 20.8 Å². The predicted molar refractivity (Wildman–Crippen MR) is 92.3 cm³/mol. The molecule has 2 heterocycles. The van der Waals surface area contributed by atoms with E-state index in [0.717, 1.165) is 0 Å². The fraction of sp³-hybridized carbons (Fsp3) is 0.412. The minimum atomic E-state index is -0.913. The molecule has 8 nitrogen and oxygen atoms in total. The van der Waals surface area contributed by atoms with Crippen LogP contribution in [0.5, 0.6) is 0 Å². The molecule has 0 unspecified atom stereocenters. The number of hydrogen-bond acceptors (Lipinski definition) is 6. The smallest absolute Gasteiger partial charge is 0.252 e. The molecule has 0 aliphatic carbocycles. The number of amides is 2. The van der Waals surface area contributed by atoms with Gasteiger partial charge in [0.2, 0.25) is 11.8 Å². The average Bonchev–Trinajstić information content (AvgIpc) is 3.09. The summed E-state index contributed by atoms with van der Waals surface area (Å²) >= 11 is 6.21. The second-order valence-electron chi connectivity index (χ2n) is 6.22. The Morgan fingerprint density at radius 2 is 2.19 bits per heavy atom. The lowest BCUT2D eigenvalue weighted by molar-refractivity contribution is -0.148. The molecule has 0 spiro atoms. The van der Waals surface area contributed by atoms with E-state index in [9.17, 15) is 9.59 Å². The Hall–Kier alpha value is -2.45.